The number of halogens is 2. The zero-order valence-corrected chi connectivity index (χ0v) is 9.37. The highest BCUT2D eigenvalue weighted by molar-refractivity contribution is 6.26. The van der Waals surface area contributed by atoms with Gasteiger partial charge in [-0.1, -0.05) is 0 Å². The maximum absolute atomic E-state index is 6.70. The van der Waals surface area contributed by atoms with Crippen LogP contribution in [0.4, 0.5) is 0 Å². The Kier molecular flexibility index (Phi) is 1.76. The fraction of sp³-hybridized carbons (Fsp3) is 1.00. The van der Waals surface area contributed by atoms with Crippen molar-refractivity contribution >= 4 is 23.2 Å². The van der Waals surface area contributed by atoms with Crippen LogP contribution in [0.15, 0.2) is 0 Å². The fourth-order valence-corrected chi connectivity index (χ4v) is 4.89. The van der Waals surface area contributed by atoms with Crippen LogP contribution in [0, 0.1) is 11.8 Å². The van der Waals surface area contributed by atoms with E-state index in [0.717, 1.165) is 18.3 Å². The third kappa shape index (κ3) is 1.25. The molecule has 0 aromatic rings. The van der Waals surface area contributed by atoms with Gasteiger partial charge in [-0.3, -0.25) is 0 Å². The number of hydrogen-bond donors (Lipinski definition) is 0. The third-order valence-electron chi connectivity index (χ3n) is 4.54. The van der Waals surface area contributed by atoms with Gasteiger partial charge in [-0.25, -0.2) is 0 Å². The summed E-state index contributed by atoms with van der Waals surface area (Å²) in [5, 5.41) is 0. The Labute approximate surface area is 90.0 Å². The van der Waals surface area contributed by atoms with E-state index in [0.29, 0.717) is 0 Å². The predicted molar refractivity (Wildman–Crippen MR) is 56.5 cm³/mol. The van der Waals surface area contributed by atoms with E-state index in [1.165, 1.54) is 38.5 Å². The molecule has 5 rings (SSSR count). The van der Waals surface area contributed by atoms with E-state index < -0.39 is 0 Å². The molecule has 0 heterocycles. The molecule has 0 amide bonds. The van der Waals surface area contributed by atoms with Crippen LogP contribution in [0.2, 0.25) is 0 Å². The summed E-state index contributed by atoms with van der Waals surface area (Å²) in [6.45, 7) is 0. The molecule has 13 heavy (non-hydrogen) atoms. The van der Waals surface area contributed by atoms with Gasteiger partial charge in [0.15, 0.2) is 0 Å². The van der Waals surface area contributed by atoms with E-state index in [9.17, 15) is 0 Å². The maximum atomic E-state index is 6.70. The zero-order chi connectivity index (χ0) is 9.10. The van der Waals surface area contributed by atoms with Gasteiger partial charge >= 0.3 is 0 Å². The van der Waals surface area contributed by atoms with Crippen molar-refractivity contribution in [1.29, 1.82) is 0 Å². The molecule has 4 bridgehead atoms. The Balaban J connectivity index is 2.01. The van der Waals surface area contributed by atoms with Gasteiger partial charge in [0.2, 0.25) is 0 Å². The van der Waals surface area contributed by atoms with E-state index in [2.05, 4.69) is 0 Å². The molecule has 0 aliphatic heterocycles. The lowest BCUT2D eigenvalue weighted by atomic mass is 9.70. The van der Waals surface area contributed by atoms with Gasteiger partial charge in [-0.05, 0) is 56.8 Å². The minimum atomic E-state index is 0.140. The summed E-state index contributed by atoms with van der Waals surface area (Å²) < 4.78 is 0. The van der Waals surface area contributed by atoms with Crippen molar-refractivity contribution < 1.29 is 0 Å². The van der Waals surface area contributed by atoms with Gasteiger partial charge in [0, 0.05) is 9.75 Å². The second kappa shape index (κ2) is 2.58. The lowest BCUT2D eigenvalue weighted by Crippen LogP contribution is -2.41. The van der Waals surface area contributed by atoms with Crippen LogP contribution in [-0.4, -0.2) is 9.75 Å². The van der Waals surface area contributed by atoms with Gasteiger partial charge in [0.1, 0.15) is 0 Å². The van der Waals surface area contributed by atoms with Gasteiger partial charge in [0.25, 0.3) is 0 Å². The summed E-state index contributed by atoms with van der Waals surface area (Å²) >= 11 is 13.3. The number of hydrogen-bond acceptors (Lipinski definition) is 0. The smallest absolute Gasteiger partial charge is 0.0478 e. The molecule has 2 heteroatoms. The number of rotatable bonds is 0. The van der Waals surface area contributed by atoms with Crippen molar-refractivity contribution in [2.24, 2.45) is 11.8 Å². The molecular formula is C11H16Cl2. The molecule has 0 nitrogen and oxygen atoms in total. The third-order valence-corrected chi connectivity index (χ3v) is 5.69. The van der Waals surface area contributed by atoms with Crippen LogP contribution in [0.25, 0.3) is 0 Å². The number of alkyl halides is 2. The second-order valence-corrected chi connectivity index (χ2v) is 6.99. The molecule has 0 radical (unpaired) electrons. The first kappa shape index (κ1) is 8.85. The largest absolute Gasteiger partial charge is 0.119 e. The highest BCUT2D eigenvalue weighted by Gasteiger charge is 2.54. The van der Waals surface area contributed by atoms with Gasteiger partial charge in [-0.2, -0.15) is 0 Å². The summed E-state index contributed by atoms with van der Waals surface area (Å²) in [6.07, 6.45) is 8.71. The summed E-state index contributed by atoms with van der Waals surface area (Å²) in [6, 6.07) is 0. The van der Waals surface area contributed by atoms with Crippen LogP contribution >= 0.6 is 23.2 Å². The first-order valence-corrected chi connectivity index (χ1v) is 6.23. The van der Waals surface area contributed by atoms with Crippen LogP contribution in [0.1, 0.15) is 44.9 Å². The second-order valence-electron chi connectivity index (χ2n) is 5.44. The lowest BCUT2D eigenvalue weighted by Gasteiger charge is -2.44. The molecule has 0 saturated heterocycles. The standard InChI is InChI=1S/C11H16Cl2/c12-10-3-4-11(13)6-8(5-10)1-2-9(11)7-10/h8-9H,1-7H2. The van der Waals surface area contributed by atoms with E-state index >= 15 is 0 Å². The summed E-state index contributed by atoms with van der Waals surface area (Å²) in [5.41, 5.74) is 0. The number of fused-ring (bicyclic) bond motifs is 2. The van der Waals surface area contributed by atoms with Crippen molar-refractivity contribution in [3.05, 3.63) is 0 Å². The topological polar surface area (TPSA) is 0 Å². The first-order chi connectivity index (χ1) is 6.10. The molecule has 0 aromatic carbocycles. The Morgan fingerprint density at radius 3 is 2.62 bits per heavy atom. The van der Waals surface area contributed by atoms with Gasteiger partial charge in [-0.15, -0.1) is 23.2 Å². The van der Waals surface area contributed by atoms with Crippen LogP contribution in [0.5, 0.6) is 0 Å². The molecule has 74 valence electrons. The molecule has 4 unspecified atom stereocenters. The molecule has 5 saturated carbocycles. The molecule has 0 aromatic heterocycles. The van der Waals surface area contributed by atoms with E-state index in [4.69, 9.17) is 23.2 Å². The van der Waals surface area contributed by atoms with Gasteiger partial charge < -0.3 is 0 Å². The van der Waals surface area contributed by atoms with Crippen molar-refractivity contribution in [2.45, 2.75) is 54.7 Å². The molecule has 0 N–H and O–H groups in total. The van der Waals surface area contributed by atoms with Crippen molar-refractivity contribution in [3.63, 3.8) is 0 Å². The van der Waals surface area contributed by atoms with Crippen LogP contribution in [-0.2, 0) is 0 Å². The molecule has 4 atom stereocenters. The Hall–Kier alpha value is 0.580. The molecule has 5 aliphatic carbocycles. The van der Waals surface area contributed by atoms with Crippen LogP contribution < -0.4 is 0 Å². The molecule has 5 aliphatic rings. The zero-order valence-electron chi connectivity index (χ0n) is 7.86. The van der Waals surface area contributed by atoms with Crippen molar-refractivity contribution in [3.8, 4) is 0 Å². The molecule has 5 fully saturated rings. The minimum Gasteiger partial charge on any atom is -0.119 e. The SMILES string of the molecule is ClC12CCC3(Cl)CC(CCC3C1)C2. The summed E-state index contributed by atoms with van der Waals surface area (Å²) in [5.74, 6) is 1.55. The van der Waals surface area contributed by atoms with Crippen molar-refractivity contribution in [1.82, 2.24) is 0 Å². The van der Waals surface area contributed by atoms with E-state index in [-0.39, 0.29) is 9.75 Å². The normalized spacial score (nSPS) is 59.5. The first-order valence-electron chi connectivity index (χ1n) is 5.48. The van der Waals surface area contributed by atoms with E-state index in [1.54, 1.807) is 0 Å². The fourth-order valence-electron chi connectivity index (χ4n) is 3.89. The highest BCUT2D eigenvalue weighted by atomic mass is 35.5. The maximum Gasteiger partial charge on any atom is 0.0478 e. The molecule has 0 spiro atoms. The highest BCUT2D eigenvalue weighted by Crippen LogP contribution is 2.60. The molecular weight excluding hydrogens is 203 g/mol. The Bertz CT molecular complexity index is 238. The van der Waals surface area contributed by atoms with Crippen molar-refractivity contribution in [2.75, 3.05) is 0 Å². The Morgan fingerprint density at radius 2 is 1.77 bits per heavy atom. The quantitative estimate of drug-likeness (QED) is 0.541. The van der Waals surface area contributed by atoms with Gasteiger partial charge in [0.05, 0.1) is 0 Å². The predicted octanol–water partition coefficient (Wildman–Crippen LogP) is 3.95. The minimum absolute atomic E-state index is 0.140. The summed E-state index contributed by atoms with van der Waals surface area (Å²) in [4.78, 5) is 0.290. The average Bonchev–Trinajstić information content (AvgIpc) is 2.32. The monoisotopic (exact) mass is 218 g/mol. The lowest BCUT2D eigenvalue weighted by molar-refractivity contribution is 0.195. The van der Waals surface area contributed by atoms with Crippen LogP contribution in [0.3, 0.4) is 0 Å². The Morgan fingerprint density at radius 1 is 0.923 bits per heavy atom. The summed E-state index contributed by atoms with van der Waals surface area (Å²) in [7, 11) is 0. The van der Waals surface area contributed by atoms with E-state index in [1.807, 2.05) is 0 Å². The average molecular weight is 219 g/mol.